The maximum atomic E-state index is 13.1. The van der Waals surface area contributed by atoms with E-state index in [4.69, 9.17) is 23.2 Å². The number of phenolic OH excluding ortho intramolecular Hbond substituents is 1. The number of aryl methyl sites for hydroxylation is 1. The zero-order chi connectivity index (χ0) is 23.0. The average Bonchev–Trinajstić information content (AvgIpc) is 3.03. The maximum absolute atomic E-state index is 13.1. The highest BCUT2D eigenvalue weighted by atomic mass is 35.5. The zero-order valence-electron chi connectivity index (χ0n) is 17.0. The molecule has 0 aliphatic carbocycles. The van der Waals surface area contributed by atoms with Gasteiger partial charge in [-0.3, -0.25) is 14.5 Å². The quantitative estimate of drug-likeness (QED) is 0.285. The molecule has 1 aliphatic heterocycles. The molecule has 7 heteroatoms. The Morgan fingerprint density at radius 2 is 1.62 bits per heavy atom. The molecule has 1 unspecified atom stereocenters. The molecule has 1 heterocycles. The predicted molar refractivity (Wildman–Crippen MR) is 125 cm³/mol. The summed E-state index contributed by atoms with van der Waals surface area (Å²) in [6.07, 6.45) is 0.824. The number of aromatic hydroxyl groups is 1. The van der Waals surface area contributed by atoms with Crippen molar-refractivity contribution in [2.24, 2.45) is 0 Å². The van der Waals surface area contributed by atoms with E-state index in [2.05, 4.69) is 0 Å². The summed E-state index contributed by atoms with van der Waals surface area (Å²) in [5.74, 6) is -2.01. The number of nitrogens with zero attached hydrogens (tertiary/aromatic N) is 1. The number of rotatable bonds is 4. The molecule has 32 heavy (non-hydrogen) atoms. The van der Waals surface area contributed by atoms with Gasteiger partial charge in [0.2, 0.25) is 0 Å². The number of carbonyl (C=O) groups is 2. The largest absolute Gasteiger partial charge is 0.508 e. The third kappa shape index (κ3) is 3.97. The molecular formula is C25H19Cl2NO4. The van der Waals surface area contributed by atoms with Gasteiger partial charge in [-0.25, -0.2) is 0 Å². The van der Waals surface area contributed by atoms with Gasteiger partial charge in [0.05, 0.1) is 11.6 Å². The van der Waals surface area contributed by atoms with Crippen LogP contribution in [0.1, 0.15) is 29.7 Å². The van der Waals surface area contributed by atoms with Gasteiger partial charge >= 0.3 is 0 Å². The van der Waals surface area contributed by atoms with E-state index >= 15 is 0 Å². The van der Waals surface area contributed by atoms with E-state index in [1.807, 2.05) is 19.1 Å². The number of phenols is 1. The van der Waals surface area contributed by atoms with Crippen molar-refractivity contribution in [2.45, 2.75) is 19.4 Å². The molecule has 1 atom stereocenters. The van der Waals surface area contributed by atoms with Crippen molar-refractivity contribution in [3.05, 3.63) is 99.0 Å². The molecule has 5 nitrogen and oxygen atoms in total. The van der Waals surface area contributed by atoms with E-state index in [0.29, 0.717) is 26.9 Å². The molecule has 1 amide bonds. The van der Waals surface area contributed by atoms with Crippen LogP contribution in [0.15, 0.2) is 72.3 Å². The van der Waals surface area contributed by atoms with Crippen molar-refractivity contribution in [1.29, 1.82) is 0 Å². The Labute approximate surface area is 195 Å². The highest BCUT2D eigenvalue weighted by molar-refractivity contribution is 6.52. The fourth-order valence-corrected chi connectivity index (χ4v) is 4.36. The minimum absolute atomic E-state index is 0.0375. The molecular weight excluding hydrogens is 449 g/mol. The van der Waals surface area contributed by atoms with Gasteiger partial charge in [0.15, 0.2) is 0 Å². The lowest BCUT2D eigenvalue weighted by molar-refractivity contribution is -0.132. The van der Waals surface area contributed by atoms with E-state index < -0.39 is 17.7 Å². The standard InChI is InChI=1S/C25H19Cl2NO4/c1-2-14-6-8-15(9-7-14)23(30)21-22(16-4-3-5-20(29)10-16)28(25(32)24(21)31)19-12-17(26)11-18(27)13-19/h3-13,22,29-30H,2H2,1H3/b23-21+. The topological polar surface area (TPSA) is 77.8 Å². The van der Waals surface area contributed by atoms with Gasteiger partial charge in [0.25, 0.3) is 11.7 Å². The molecule has 2 N–H and O–H groups in total. The zero-order valence-corrected chi connectivity index (χ0v) is 18.6. The third-order valence-electron chi connectivity index (χ3n) is 5.39. The summed E-state index contributed by atoms with van der Waals surface area (Å²) in [4.78, 5) is 27.5. The maximum Gasteiger partial charge on any atom is 0.300 e. The van der Waals surface area contributed by atoms with Crippen LogP contribution in [-0.4, -0.2) is 21.9 Å². The number of aliphatic hydroxyl groups is 1. The Kier molecular flexibility index (Phi) is 5.96. The van der Waals surface area contributed by atoms with Crippen molar-refractivity contribution in [3.63, 3.8) is 0 Å². The highest BCUT2D eigenvalue weighted by Gasteiger charge is 2.47. The number of amides is 1. The molecule has 0 saturated carbocycles. The Morgan fingerprint density at radius 1 is 0.969 bits per heavy atom. The van der Waals surface area contributed by atoms with Gasteiger partial charge in [-0.2, -0.15) is 0 Å². The summed E-state index contributed by atoms with van der Waals surface area (Å²) in [7, 11) is 0. The van der Waals surface area contributed by atoms with Gasteiger partial charge < -0.3 is 10.2 Å². The summed E-state index contributed by atoms with van der Waals surface area (Å²) in [5, 5.41) is 21.7. The molecule has 162 valence electrons. The lowest BCUT2D eigenvalue weighted by atomic mass is 9.94. The Bertz CT molecular complexity index is 1230. The van der Waals surface area contributed by atoms with Crippen LogP contribution >= 0.6 is 23.2 Å². The first kappa shape index (κ1) is 21.9. The lowest BCUT2D eigenvalue weighted by Crippen LogP contribution is -2.29. The number of ketones is 1. The first-order chi connectivity index (χ1) is 15.3. The number of hydrogen-bond acceptors (Lipinski definition) is 4. The number of hydrogen-bond donors (Lipinski definition) is 2. The van der Waals surface area contributed by atoms with Gasteiger partial charge in [0, 0.05) is 21.3 Å². The van der Waals surface area contributed by atoms with Crippen LogP contribution in [0.5, 0.6) is 5.75 Å². The number of Topliss-reactive ketones (excluding diaryl/α,β-unsaturated/α-hetero) is 1. The van der Waals surface area contributed by atoms with Crippen LogP contribution in [-0.2, 0) is 16.0 Å². The molecule has 4 rings (SSSR count). The van der Waals surface area contributed by atoms with Crippen LogP contribution in [0, 0.1) is 0 Å². The van der Waals surface area contributed by atoms with E-state index in [-0.39, 0.29) is 17.1 Å². The second-order valence-electron chi connectivity index (χ2n) is 7.44. The number of halogens is 2. The van der Waals surface area contributed by atoms with Crippen LogP contribution in [0.2, 0.25) is 10.0 Å². The summed E-state index contributed by atoms with van der Waals surface area (Å²) in [6, 6.07) is 16.9. The predicted octanol–water partition coefficient (Wildman–Crippen LogP) is 5.89. The molecule has 1 fully saturated rings. The third-order valence-corrected chi connectivity index (χ3v) is 5.83. The van der Waals surface area contributed by atoms with Gasteiger partial charge in [-0.15, -0.1) is 0 Å². The summed E-state index contributed by atoms with van der Waals surface area (Å²) in [6.45, 7) is 2.01. The molecule has 0 aromatic heterocycles. The second-order valence-corrected chi connectivity index (χ2v) is 8.32. The Balaban J connectivity index is 1.95. The number of anilines is 1. The van der Waals surface area contributed by atoms with Crippen LogP contribution in [0.4, 0.5) is 5.69 Å². The van der Waals surface area contributed by atoms with E-state index in [1.165, 1.54) is 35.2 Å². The van der Waals surface area contributed by atoms with Gasteiger partial charge in [-0.1, -0.05) is 66.5 Å². The van der Waals surface area contributed by atoms with Gasteiger partial charge in [-0.05, 0) is 47.9 Å². The molecule has 0 spiro atoms. The van der Waals surface area contributed by atoms with E-state index in [9.17, 15) is 19.8 Å². The summed E-state index contributed by atoms with van der Waals surface area (Å²) < 4.78 is 0. The van der Waals surface area contributed by atoms with Crippen molar-refractivity contribution < 1.29 is 19.8 Å². The summed E-state index contributed by atoms with van der Waals surface area (Å²) >= 11 is 12.3. The van der Waals surface area contributed by atoms with Crippen LogP contribution < -0.4 is 4.90 Å². The SMILES string of the molecule is CCc1ccc(/C(O)=C2\C(=O)C(=O)N(c3cc(Cl)cc(Cl)c3)C2c2cccc(O)c2)cc1. The molecule has 0 bridgehead atoms. The van der Waals surface area contributed by atoms with Crippen molar-refractivity contribution >= 4 is 46.3 Å². The normalized spacial score (nSPS) is 17.7. The van der Waals surface area contributed by atoms with Crippen molar-refractivity contribution in [2.75, 3.05) is 4.90 Å². The minimum Gasteiger partial charge on any atom is -0.508 e. The number of carbonyl (C=O) groups excluding carboxylic acids is 2. The first-order valence-corrected chi connectivity index (χ1v) is 10.7. The molecule has 1 saturated heterocycles. The number of aliphatic hydroxyl groups excluding tert-OH is 1. The highest BCUT2D eigenvalue weighted by Crippen LogP contribution is 2.43. The smallest absolute Gasteiger partial charge is 0.300 e. The van der Waals surface area contributed by atoms with Crippen LogP contribution in [0.3, 0.4) is 0 Å². The Morgan fingerprint density at radius 3 is 2.22 bits per heavy atom. The minimum atomic E-state index is -0.984. The van der Waals surface area contributed by atoms with E-state index in [0.717, 1.165) is 12.0 Å². The van der Waals surface area contributed by atoms with E-state index in [1.54, 1.807) is 24.3 Å². The monoisotopic (exact) mass is 467 g/mol. The Hall–Kier alpha value is -3.28. The van der Waals surface area contributed by atoms with Crippen LogP contribution in [0.25, 0.3) is 5.76 Å². The molecule has 0 radical (unpaired) electrons. The summed E-state index contributed by atoms with van der Waals surface area (Å²) in [5.41, 5.74) is 2.15. The first-order valence-electron chi connectivity index (χ1n) is 9.95. The second kappa shape index (κ2) is 8.69. The van der Waals surface area contributed by atoms with Gasteiger partial charge in [0.1, 0.15) is 11.5 Å². The van der Waals surface area contributed by atoms with Crippen molar-refractivity contribution in [3.8, 4) is 5.75 Å². The van der Waals surface area contributed by atoms with Crippen molar-refractivity contribution in [1.82, 2.24) is 0 Å². The fourth-order valence-electron chi connectivity index (χ4n) is 3.84. The number of benzene rings is 3. The molecule has 3 aromatic rings. The molecule has 1 aliphatic rings. The molecule has 3 aromatic carbocycles. The lowest BCUT2D eigenvalue weighted by Gasteiger charge is -2.26. The average molecular weight is 468 g/mol. The fraction of sp³-hybridized carbons (Fsp3) is 0.120.